The topological polar surface area (TPSA) is 60.2 Å². The molecule has 0 bridgehead atoms. The summed E-state index contributed by atoms with van der Waals surface area (Å²) in [6.45, 7) is 2.17. The predicted octanol–water partition coefficient (Wildman–Crippen LogP) is 3.27. The zero-order chi connectivity index (χ0) is 13.3. The Kier molecular flexibility index (Phi) is 3.87. The average Bonchev–Trinajstić information content (AvgIpc) is 2.29. The smallest absolute Gasteiger partial charge is 0.183 e. The lowest BCUT2D eigenvalue weighted by molar-refractivity contribution is 0.382. The summed E-state index contributed by atoms with van der Waals surface area (Å²) in [6.07, 6.45) is 3.39. The molecule has 2 N–H and O–H groups in total. The molecule has 1 aromatic rings. The van der Waals surface area contributed by atoms with Crippen molar-refractivity contribution in [3.8, 4) is 0 Å². The van der Waals surface area contributed by atoms with Gasteiger partial charge in [0.1, 0.15) is 0 Å². The molecule has 18 heavy (non-hydrogen) atoms. The molecule has 0 amide bonds. The van der Waals surface area contributed by atoms with E-state index in [1.54, 1.807) is 6.07 Å². The lowest BCUT2D eigenvalue weighted by Crippen LogP contribution is -2.27. The predicted molar refractivity (Wildman–Crippen MR) is 74.5 cm³/mol. The number of rotatable bonds is 2. The number of halogens is 1. The highest BCUT2D eigenvalue weighted by molar-refractivity contribution is 7.92. The van der Waals surface area contributed by atoms with Gasteiger partial charge in [-0.1, -0.05) is 18.5 Å². The third-order valence-corrected chi connectivity index (χ3v) is 6.25. The second kappa shape index (κ2) is 5.10. The average molecular weight is 288 g/mol. The molecule has 1 aliphatic carbocycles. The second-order valence-corrected chi connectivity index (χ2v) is 7.74. The fraction of sp³-hybridized carbons (Fsp3) is 0.538. The van der Waals surface area contributed by atoms with E-state index in [9.17, 15) is 8.42 Å². The lowest BCUT2D eigenvalue weighted by atomic mass is 9.91. The molecule has 100 valence electrons. The van der Waals surface area contributed by atoms with Crippen LogP contribution in [-0.4, -0.2) is 13.7 Å². The summed E-state index contributed by atoms with van der Waals surface area (Å²) in [4.78, 5) is 0.228. The van der Waals surface area contributed by atoms with Crippen LogP contribution in [0.25, 0.3) is 0 Å². The van der Waals surface area contributed by atoms with E-state index < -0.39 is 9.84 Å². The highest BCUT2D eigenvalue weighted by atomic mass is 35.5. The number of hydrogen-bond acceptors (Lipinski definition) is 3. The number of sulfone groups is 1. The third-order valence-electron chi connectivity index (χ3n) is 3.68. The second-order valence-electron chi connectivity index (χ2n) is 5.11. The van der Waals surface area contributed by atoms with Gasteiger partial charge in [0, 0.05) is 5.02 Å². The molecular weight excluding hydrogens is 270 g/mol. The van der Waals surface area contributed by atoms with E-state index >= 15 is 0 Å². The summed E-state index contributed by atoms with van der Waals surface area (Å²) < 4.78 is 25.0. The Hall–Kier alpha value is -0.740. The molecule has 1 aliphatic rings. The van der Waals surface area contributed by atoms with Crippen molar-refractivity contribution in [3.05, 3.63) is 23.2 Å². The SMILES string of the molecule is CC1CCC(S(=O)(=O)c2ccc(Cl)cc2N)CC1. The molecule has 5 heteroatoms. The fourth-order valence-electron chi connectivity index (χ4n) is 2.50. The Labute approximate surface area is 113 Å². The molecule has 0 aromatic heterocycles. The number of benzene rings is 1. The highest BCUT2D eigenvalue weighted by Gasteiger charge is 2.32. The number of nitrogens with two attached hydrogens (primary N) is 1. The first-order valence-electron chi connectivity index (χ1n) is 6.20. The van der Waals surface area contributed by atoms with Gasteiger partial charge < -0.3 is 5.73 Å². The van der Waals surface area contributed by atoms with Gasteiger partial charge in [-0.25, -0.2) is 8.42 Å². The van der Waals surface area contributed by atoms with Crippen molar-refractivity contribution in [2.24, 2.45) is 5.92 Å². The van der Waals surface area contributed by atoms with E-state index in [0.29, 0.717) is 10.9 Å². The molecule has 1 saturated carbocycles. The van der Waals surface area contributed by atoms with Gasteiger partial charge in [-0.2, -0.15) is 0 Å². The van der Waals surface area contributed by atoms with Gasteiger partial charge >= 0.3 is 0 Å². The Bertz CT molecular complexity index is 534. The lowest BCUT2D eigenvalue weighted by Gasteiger charge is -2.26. The van der Waals surface area contributed by atoms with Crippen LogP contribution in [0.1, 0.15) is 32.6 Å². The summed E-state index contributed by atoms with van der Waals surface area (Å²) in [6, 6.07) is 4.60. The van der Waals surface area contributed by atoms with Crippen LogP contribution in [0, 0.1) is 5.92 Å². The maximum Gasteiger partial charge on any atom is 0.183 e. The van der Waals surface area contributed by atoms with Gasteiger partial charge in [0.25, 0.3) is 0 Å². The van der Waals surface area contributed by atoms with Crippen molar-refractivity contribution in [2.75, 3.05) is 5.73 Å². The summed E-state index contributed by atoms with van der Waals surface area (Å²) >= 11 is 5.80. The molecule has 0 radical (unpaired) electrons. The minimum atomic E-state index is -3.32. The largest absolute Gasteiger partial charge is 0.398 e. The zero-order valence-electron chi connectivity index (χ0n) is 10.4. The van der Waals surface area contributed by atoms with Crippen molar-refractivity contribution in [2.45, 2.75) is 42.8 Å². The van der Waals surface area contributed by atoms with E-state index in [2.05, 4.69) is 6.92 Å². The van der Waals surface area contributed by atoms with Gasteiger partial charge in [0.2, 0.25) is 0 Å². The van der Waals surface area contributed by atoms with E-state index in [-0.39, 0.29) is 15.8 Å². The summed E-state index contributed by atoms with van der Waals surface area (Å²) in [5.41, 5.74) is 6.03. The first-order chi connectivity index (χ1) is 8.41. The molecule has 0 heterocycles. The molecule has 1 fully saturated rings. The van der Waals surface area contributed by atoms with Crippen LogP contribution < -0.4 is 5.73 Å². The Morgan fingerprint density at radius 2 is 1.83 bits per heavy atom. The molecule has 3 nitrogen and oxygen atoms in total. The maximum atomic E-state index is 12.5. The van der Waals surface area contributed by atoms with E-state index in [0.717, 1.165) is 25.7 Å². The summed E-state index contributed by atoms with van der Waals surface area (Å²) in [7, 11) is -3.32. The van der Waals surface area contributed by atoms with Gasteiger partial charge in [-0.15, -0.1) is 0 Å². The molecule has 1 aromatic carbocycles. The Morgan fingerprint density at radius 1 is 1.22 bits per heavy atom. The number of nitrogen functional groups attached to an aromatic ring is 1. The standard InChI is InChI=1S/C13H18ClNO2S/c1-9-2-5-11(6-3-9)18(16,17)13-7-4-10(14)8-12(13)15/h4,7-9,11H,2-3,5-6,15H2,1H3. The zero-order valence-corrected chi connectivity index (χ0v) is 12.0. The first-order valence-corrected chi connectivity index (χ1v) is 8.12. The molecule has 0 spiro atoms. The van der Waals surface area contributed by atoms with Crippen LogP contribution in [0.5, 0.6) is 0 Å². The van der Waals surface area contributed by atoms with E-state index in [1.165, 1.54) is 12.1 Å². The number of anilines is 1. The van der Waals surface area contributed by atoms with E-state index in [4.69, 9.17) is 17.3 Å². The molecule has 0 saturated heterocycles. The first kappa shape index (κ1) is 13.7. The van der Waals surface area contributed by atoms with Gasteiger partial charge in [0.05, 0.1) is 15.8 Å². The summed E-state index contributed by atoms with van der Waals surface area (Å²) in [5, 5.41) is 0.167. The number of hydrogen-bond donors (Lipinski definition) is 1. The highest BCUT2D eigenvalue weighted by Crippen LogP contribution is 2.34. The molecular formula is C13H18ClNO2S. The molecule has 0 atom stereocenters. The van der Waals surface area contributed by atoms with Crippen LogP contribution in [-0.2, 0) is 9.84 Å². The van der Waals surface area contributed by atoms with Crippen LogP contribution in [0.4, 0.5) is 5.69 Å². The summed E-state index contributed by atoms with van der Waals surface area (Å²) in [5.74, 6) is 0.624. The van der Waals surface area contributed by atoms with Gasteiger partial charge in [-0.3, -0.25) is 0 Å². The quantitative estimate of drug-likeness (QED) is 0.849. The van der Waals surface area contributed by atoms with Crippen LogP contribution in [0.15, 0.2) is 23.1 Å². The normalized spacial score (nSPS) is 25.0. The molecule has 2 rings (SSSR count). The minimum absolute atomic E-state index is 0.228. The third kappa shape index (κ3) is 2.64. The van der Waals surface area contributed by atoms with Crippen molar-refractivity contribution < 1.29 is 8.42 Å². The molecule has 0 aliphatic heterocycles. The fourth-order valence-corrected chi connectivity index (χ4v) is 4.58. The minimum Gasteiger partial charge on any atom is -0.398 e. The Morgan fingerprint density at radius 3 is 2.39 bits per heavy atom. The van der Waals surface area contributed by atoms with Crippen molar-refractivity contribution in [3.63, 3.8) is 0 Å². The van der Waals surface area contributed by atoms with Crippen LogP contribution in [0.3, 0.4) is 0 Å². The monoisotopic (exact) mass is 287 g/mol. The maximum absolute atomic E-state index is 12.5. The van der Waals surface area contributed by atoms with Crippen molar-refractivity contribution in [1.29, 1.82) is 0 Å². The van der Waals surface area contributed by atoms with Crippen molar-refractivity contribution >= 4 is 27.1 Å². The van der Waals surface area contributed by atoms with E-state index in [1.807, 2.05) is 0 Å². The van der Waals surface area contributed by atoms with Crippen LogP contribution in [0.2, 0.25) is 5.02 Å². The van der Waals surface area contributed by atoms with Crippen LogP contribution >= 0.6 is 11.6 Å². The van der Waals surface area contributed by atoms with Gasteiger partial charge in [-0.05, 0) is 49.8 Å². The molecule has 0 unspecified atom stereocenters. The Balaban J connectivity index is 2.30. The van der Waals surface area contributed by atoms with Gasteiger partial charge in [0.15, 0.2) is 9.84 Å². The van der Waals surface area contributed by atoms with Crippen molar-refractivity contribution in [1.82, 2.24) is 0 Å².